The highest BCUT2D eigenvalue weighted by molar-refractivity contribution is 5.88. The Morgan fingerprint density at radius 2 is 1.31 bits per heavy atom. The summed E-state index contributed by atoms with van der Waals surface area (Å²) in [6, 6.07) is 25.7. The summed E-state index contributed by atoms with van der Waals surface area (Å²) in [7, 11) is 0. The topological polar surface area (TPSA) is 109 Å². The van der Waals surface area contributed by atoms with Crippen molar-refractivity contribution in [1.29, 1.82) is 0 Å². The molecule has 5 rings (SSSR count). The van der Waals surface area contributed by atoms with Gasteiger partial charge in [0, 0.05) is 17.7 Å². The summed E-state index contributed by atoms with van der Waals surface area (Å²) in [6.07, 6.45) is 0. The van der Waals surface area contributed by atoms with Crippen LogP contribution in [0.2, 0.25) is 0 Å². The molecule has 7 heteroatoms. The van der Waals surface area contributed by atoms with E-state index >= 15 is 0 Å². The van der Waals surface area contributed by atoms with Gasteiger partial charge in [-0.25, -0.2) is 0 Å². The van der Waals surface area contributed by atoms with Gasteiger partial charge >= 0.3 is 0 Å². The van der Waals surface area contributed by atoms with E-state index in [0.717, 1.165) is 11.1 Å². The van der Waals surface area contributed by atoms with Gasteiger partial charge in [-0.2, -0.15) is 0 Å². The highest BCUT2D eigenvalue weighted by atomic mass is 16.5. The Kier molecular flexibility index (Phi) is 6.19. The quantitative estimate of drug-likeness (QED) is 0.254. The predicted octanol–water partition coefficient (Wildman–Crippen LogP) is 5.73. The fourth-order valence-electron chi connectivity index (χ4n) is 3.80. The van der Waals surface area contributed by atoms with Crippen molar-refractivity contribution in [1.82, 2.24) is 0 Å². The molecule has 3 N–H and O–H groups in total. The first-order chi connectivity index (χ1) is 17.5. The van der Waals surface area contributed by atoms with E-state index in [4.69, 9.17) is 13.9 Å². The molecule has 0 amide bonds. The lowest BCUT2D eigenvalue weighted by molar-refractivity contribution is 0.296. The average molecular weight is 482 g/mol. The van der Waals surface area contributed by atoms with Crippen molar-refractivity contribution < 1.29 is 29.2 Å². The highest BCUT2D eigenvalue weighted by Gasteiger charge is 2.22. The maximum Gasteiger partial charge on any atom is 0.239 e. The van der Waals surface area contributed by atoms with Crippen LogP contribution in [0.1, 0.15) is 11.1 Å². The molecule has 0 aliphatic heterocycles. The number of rotatable bonds is 7. The molecular formula is C29H22O7. The second kappa shape index (κ2) is 9.76. The molecule has 0 bridgehead atoms. The minimum absolute atomic E-state index is 0.0401. The van der Waals surface area contributed by atoms with Gasteiger partial charge in [-0.05, 0) is 29.3 Å². The maximum absolute atomic E-state index is 13.5. The molecule has 36 heavy (non-hydrogen) atoms. The van der Waals surface area contributed by atoms with Crippen LogP contribution in [0.5, 0.6) is 28.7 Å². The van der Waals surface area contributed by atoms with Crippen LogP contribution in [0, 0.1) is 0 Å². The number of ether oxygens (including phenoxy) is 2. The Balaban J connectivity index is 1.60. The summed E-state index contributed by atoms with van der Waals surface area (Å²) in [5.74, 6) is -0.795. The Labute approximate surface area is 206 Å². The van der Waals surface area contributed by atoms with Gasteiger partial charge in [0.15, 0.2) is 17.3 Å². The van der Waals surface area contributed by atoms with E-state index < -0.39 is 5.43 Å². The first kappa shape index (κ1) is 22.9. The standard InChI is InChI=1S/C29H22O7/c30-22-12-11-20(13-23(22)31)28-29(35-17-19-9-5-2-6-10-19)27(33)26-24(32)14-21(15-25(26)36-28)34-16-18-7-3-1-4-8-18/h1-15,30-32H,16-17H2. The molecule has 7 nitrogen and oxygen atoms in total. The van der Waals surface area contributed by atoms with Crippen molar-refractivity contribution >= 4 is 11.0 Å². The number of hydrogen-bond acceptors (Lipinski definition) is 7. The lowest BCUT2D eigenvalue weighted by atomic mass is 10.1. The van der Waals surface area contributed by atoms with Crippen LogP contribution in [0.4, 0.5) is 0 Å². The zero-order chi connectivity index (χ0) is 25.1. The van der Waals surface area contributed by atoms with Gasteiger partial charge in [-0.1, -0.05) is 60.7 Å². The van der Waals surface area contributed by atoms with Crippen molar-refractivity contribution in [2.24, 2.45) is 0 Å². The second-order valence-electron chi connectivity index (χ2n) is 8.16. The normalized spacial score (nSPS) is 10.9. The molecule has 0 spiro atoms. The van der Waals surface area contributed by atoms with Crippen LogP contribution < -0.4 is 14.9 Å². The number of fused-ring (bicyclic) bond motifs is 1. The summed E-state index contributed by atoms with van der Waals surface area (Å²) >= 11 is 0. The van der Waals surface area contributed by atoms with Gasteiger partial charge in [-0.3, -0.25) is 4.79 Å². The summed E-state index contributed by atoms with van der Waals surface area (Å²) in [5, 5.41) is 30.4. The molecular weight excluding hydrogens is 460 g/mol. The molecule has 0 unspecified atom stereocenters. The van der Waals surface area contributed by atoms with E-state index in [0.29, 0.717) is 11.3 Å². The van der Waals surface area contributed by atoms with Crippen LogP contribution in [-0.4, -0.2) is 15.3 Å². The lowest BCUT2D eigenvalue weighted by Crippen LogP contribution is -2.10. The Morgan fingerprint density at radius 3 is 1.94 bits per heavy atom. The fraction of sp³-hybridized carbons (Fsp3) is 0.0690. The van der Waals surface area contributed by atoms with Gasteiger partial charge in [0.2, 0.25) is 11.2 Å². The van der Waals surface area contributed by atoms with Crippen molar-refractivity contribution in [3.63, 3.8) is 0 Å². The highest BCUT2D eigenvalue weighted by Crippen LogP contribution is 2.38. The zero-order valence-corrected chi connectivity index (χ0v) is 19.0. The van der Waals surface area contributed by atoms with Gasteiger partial charge < -0.3 is 29.2 Å². The van der Waals surface area contributed by atoms with Gasteiger partial charge in [0.25, 0.3) is 0 Å². The molecule has 0 aliphatic carbocycles. The molecule has 0 saturated heterocycles. The number of phenols is 3. The summed E-state index contributed by atoms with van der Waals surface area (Å²) in [6.45, 7) is 0.334. The smallest absolute Gasteiger partial charge is 0.239 e. The van der Waals surface area contributed by atoms with E-state index in [1.165, 1.54) is 30.3 Å². The third-order valence-corrected chi connectivity index (χ3v) is 5.62. The van der Waals surface area contributed by atoms with Gasteiger partial charge in [0.1, 0.15) is 35.7 Å². The second-order valence-corrected chi connectivity index (χ2v) is 8.16. The summed E-state index contributed by atoms with van der Waals surface area (Å²) in [5.41, 5.74) is 1.57. The van der Waals surface area contributed by atoms with E-state index in [1.807, 2.05) is 60.7 Å². The number of benzene rings is 4. The fourth-order valence-corrected chi connectivity index (χ4v) is 3.80. The van der Waals surface area contributed by atoms with Crippen LogP contribution in [0.25, 0.3) is 22.3 Å². The molecule has 0 radical (unpaired) electrons. The number of phenolic OH excluding ortho intramolecular Hbond substituents is 3. The van der Waals surface area contributed by atoms with Crippen molar-refractivity contribution in [3.05, 3.63) is 112 Å². The van der Waals surface area contributed by atoms with E-state index in [-0.39, 0.29) is 52.9 Å². The summed E-state index contributed by atoms with van der Waals surface area (Å²) < 4.78 is 17.8. The van der Waals surface area contributed by atoms with E-state index in [9.17, 15) is 20.1 Å². The number of aromatic hydroxyl groups is 3. The first-order valence-corrected chi connectivity index (χ1v) is 11.2. The van der Waals surface area contributed by atoms with Crippen LogP contribution in [-0.2, 0) is 13.2 Å². The van der Waals surface area contributed by atoms with Crippen LogP contribution in [0.3, 0.4) is 0 Å². The molecule has 5 aromatic rings. The molecule has 0 atom stereocenters. The minimum Gasteiger partial charge on any atom is -0.507 e. The molecule has 0 fully saturated rings. The van der Waals surface area contributed by atoms with Gasteiger partial charge in [-0.15, -0.1) is 0 Å². The Bertz CT molecular complexity index is 1580. The first-order valence-electron chi connectivity index (χ1n) is 11.2. The van der Waals surface area contributed by atoms with Gasteiger partial charge in [0.05, 0.1) is 0 Å². The third-order valence-electron chi connectivity index (χ3n) is 5.62. The van der Waals surface area contributed by atoms with Crippen molar-refractivity contribution in [2.75, 3.05) is 0 Å². The third kappa shape index (κ3) is 4.67. The maximum atomic E-state index is 13.5. The van der Waals surface area contributed by atoms with E-state index in [1.54, 1.807) is 0 Å². The van der Waals surface area contributed by atoms with Crippen LogP contribution in [0.15, 0.2) is 100 Å². The summed E-state index contributed by atoms with van der Waals surface area (Å²) in [4.78, 5) is 13.5. The average Bonchev–Trinajstić information content (AvgIpc) is 2.89. The Hall–Kier alpha value is -4.91. The zero-order valence-electron chi connectivity index (χ0n) is 19.0. The molecule has 1 aromatic heterocycles. The molecule has 4 aromatic carbocycles. The largest absolute Gasteiger partial charge is 0.507 e. The molecule has 0 saturated carbocycles. The molecule has 1 heterocycles. The monoisotopic (exact) mass is 482 g/mol. The van der Waals surface area contributed by atoms with E-state index in [2.05, 4.69) is 0 Å². The SMILES string of the molecule is O=c1c(OCc2ccccc2)c(-c2ccc(O)c(O)c2)oc2cc(OCc3ccccc3)cc(O)c12. The predicted molar refractivity (Wildman–Crippen MR) is 134 cm³/mol. The molecule has 180 valence electrons. The van der Waals surface area contributed by atoms with Crippen molar-refractivity contribution in [3.8, 4) is 40.1 Å². The minimum atomic E-state index is -0.582. The number of hydrogen-bond donors (Lipinski definition) is 3. The van der Waals surface area contributed by atoms with Crippen LogP contribution >= 0.6 is 0 Å². The lowest BCUT2D eigenvalue weighted by Gasteiger charge is -2.14. The Morgan fingerprint density at radius 1 is 0.667 bits per heavy atom. The van der Waals surface area contributed by atoms with Crippen molar-refractivity contribution in [2.45, 2.75) is 13.2 Å². The molecule has 0 aliphatic rings.